The SMILES string of the molecule is CC(=O)Sc1ccc(C#Cc2cc(OCCC(C)C)c(C#Cc3ccc(SC(C)=O)cc3)cc2OCCC(C)C)cc1. The average molecular weight is 599 g/mol. The second-order valence-electron chi connectivity index (χ2n) is 10.6. The van der Waals surface area contributed by atoms with Gasteiger partial charge in [-0.15, -0.1) is 0 Å². The zero-order chi connectivity index (χ0) is 30.5. The standard InChI is InChI=1S/C36H38O4S2/c1-25(2)19-21-39-35-23-32(14-8-30-11-17-34(18-12-30)42-28(6)38)36(40-22-20-26(3)4)24-31(35)13-7-29-9-15-33(16-10-29)41-27(5)37/h9-12,15-18,23-26H,19-22H2,1-6H3. The minimum absolute atomic E-state index is 0.0502. The van der Waals surface area contributed by atoms with E-state index in [0.717, 1.165) is 44.9 Å². The Labute approximate surface area is 259 Å². The summed E-state index contributed by atoms with van der Waals surface area (Å²) < 4.78 is 12.5. The highest BCUT2D eigenvalue weighted by Crippen LogP contribution is 2.30. The van der Waals surface area contributed by atoms with E-state index < -0.39 is 0 Å². The second kappa shape index (κ2) is 16.8. The van der Waals surface area contributed by atoms with Crippen LogP contribution in [0.5, 0.6) is 11.5 Å². The summed E-state index contributed by atoms with van der Waals surface area (Å²) in [5.41, 5.74) is 3.15. The third-order valence-electron chi connectivity index (χ3n) is 5.90. The molecular weight excluding hydrogens is 561 g/mol. The Kier molecular flexibility index (Phi) is 13.1. The Morgan fingerprint density at radius 1 is 0.619 bits per heavy atom. The number of ether oxygens (including phenoxy) is 2. The molecule has 0 heterocycles. The van der Waals surface area contributed by atoms with Gasteiger partial charge in [0, 0.05) is 46.9 Å². The molecule has 3 aromatic carbocycles. The molecule has 0 fully saturated rings. The molecule has 3 rings (SSSR count). The fourth-order valence-electron chi connectivity index (χ4n) is 3.63. The van der Waals surface area contributed by atoms with Crippen molar-refractivity contribution in [3.05, 3.63) is 82.9 Å². The van der Waals surface area contributed by atoms with Gasteiger partial charge in [0.2, 0.25) is 0 Å². The third-order valence-corrected chi connectivity index (χ3v) is 7.49. The number of rotatable bonds is 10. The normalized spacial score (nSPS) is 10.5. The van der Waals surface area contributed by atoms with E-state index in [2.05, 4.69) is 51.4 Å². The first-order valence-corrected chi connectivity index (χ1v) is 15.8. The summed E-state index contributed by atoms with van der Waals surface area (Å²) in [6.45, 7) is 12.9. The molecule has 0 bridgehead atoms. The van der Waals surface area contributed by atoms with Crippen molar-refractivity contribution in [3.63, 3.8) is 0 Å². The fraction of sp³-hybridized carbons (Fsp3) is 0.333. The van der Waals surface area contributed by atoms with Crippen molar-refractivity contribution in [2.75, 3.05) is 13.2 Å². The molecule has 0 aliphatic rings. The molecule has 4 nitrogen and oxygen atoms in total. The molecule has 0 aliphatic heterocycles. The molecule has 0 saturated heterocycles. The van der Waals surface area contributed by atoms with Gasteiger partial charge in [0.15, 0.2) is 10.2 Å². The van der Waals surface area contributed by atoms with Crippen LogP contribution in [-0.4, -0.2) is 23.4 Å². The molecule has 0 amide bonds. The molecular formula is C36H38O4S2. The van der Waals surface area contributed by atoms with Crippen molar-refractivity contribution < 1.29 is 19.1 Å². The van der Waals surface area contributed by atoms with E-state index in [4.69, 9.17) is 9.47 Å². The second-order valence-corrected chi connectivity index (χ2v) is 13.1. The average Bonchev–Trinajstić information content (AvgIpc) is 2.92. The quantitative estimate of drug-likeness (QED) is 0.172. The van der Waals surface area contributed by atoms with Crippen LogP contribution in [0.2, 0.25) is 0 Å². The maximum absolute atomic E-state index is 11.4. The van der Waals surface area contributed by atoms with Crippen molar-refractivity contribution in [1.82, 2.24) is 0 Å². The maximum Gasteiger partial charge on any atom is 0.190 e. The first-order chi connectivity index (χ1) is 20.1. The summed E-state index contributed by atoms with van der Waals surface area (Å²) in [6, 6.07) is 19.1. The molecule has 0 aromatic heterocycles. The Hall–Kier alpha value is -3.58. The summed E-state index contributed by atoms with van der Waals surface area (Å²) in [4.78, 5) is 24.6. The summed E-state index contributed by atoms with van der Waals surface area (Å²) in [5, 5.41) is 0.100. The zero-order valence-electron chi connectivity index (χ0n) is 25.2. The van der Waals surface area contributed by atoms with Gasteiger partial charge >= 0.3 is 0 Å². The fourth-order valence-corrected chi connectivity index (χ4v) is 4.84. The molecule has 3 aromatic rings. The number of hydrogen-bond acceptors (Lipinski definition) is 6. The van der Waals surface area contributed by atoms with Crippen molar-refractivity contribution in [1.29, 1.82) is 0 Å². The van der Waals surface area contributed by atoms with Gasteiger partial charge in [-0.25, -0.2) is 0 Å². The van der Waals surface area contributed by atoms with Gasteiger partial charge in [0.1, 0.15) is 11.5 Å². The molecule has 218 valence electrons. The minimum Gasteiger partial charge on any atom is -0.492 e. The summed E-state index contributed by atoms with van der Waals surface area (Å²) >= 11 is 2.41. The Morgan fingerprint density at radius 2 is 0.976 bits per heavy atom. The van der Waals surface area contributed by atoms with E-state index in [1.807, 2.05) is 60.7 Å². The largest absolute Gasteiger partial charge is 0.492 e. The van der Waals surface area contributed by atoms with Gasteiger partial charge in [-0.05, 0) is 73.2 Å². The van der Waals surface area contributed by atoms with Gasteiger partial charge in [-0.1, -0.05) is 74.9 Å². The molecule has 0 aliphatic carbocycles. The lowest BCUT2D eigenvalue weighted by Crippen LogP contribution is -2.06. The van der Waals surface area contributed by atoms with E-state index in [1.165, 1.54) is 23.5 Å². The number of thioether (sulfide) groups is 2. The third kappa shape index (κ3) is 11.7. The van der Waals surface area contributed by atoms with E-state index in [1.54, 1.807) is 13.8 Å². The zero-order valence-corrected chi connectivity index (χ0v) is 26.8. The predicted molar refractivity (Wildman–Crippen MR) is 174 cm³/mol. The minimum atomic E-state index is 0.0502. The van der Waals surface area contributed by atoms with Gasteiger partial charge in [0.25, 0.3) is 0 Å². The lowest BCUT2D eigenvalue weighted by Gasteiger charge is -2.15. The van der Waals surface area contributed by atoms with Crippen LogP contribution in [0.1, 0.15) is 76.6 Å². The number of hydrogen-bond donors (Lipinski definition) is 0. The van der Waals surface area contributed by atoms with Crippen molar-refractivity contribution in [2.24, 2.45) is 11.8 Å². The highest BCUT2D eigenvalue weighted by Gasteiger charge is 2.12. The van der Waals surface area contributed by atoms with Crippen LogP contribution in [0, 0.1) is 35.5 Å². The van der Waals surface area contributed by atoms with E-state index in [9.17, 15) is 9.59 Å². The van der Waals surface area contributed by atoms with Gasteiger partial charge < -0.3 is 9.47 Å². The predicted octanol–water partition coefficient (Wildman–Crippen LogP) is 8.61. The Balaban J connectivity index is 1.99. The number of benzene rings is 3. The van der Waals surface area contributed by atoms with E-state index >= 15 is 0 Å². The van der Waals surface area contributed by atoms with Crippen LogP contribution in [0.3, 0.4) is 0 Å². The molecule has 0 unspecified atom stereocenters. The smallest absolute Gasteiger partial charge is 0.190 e. The van der Waals surface area contributed by atoms with Crippen molar-refractivity contribution >= 4 is 33.8 Å². The van der Waals surface area contributed by atoms with E-state index in [0.29, 0.717) is 36.5 Å². The van der Waals surface area contributed by atoms with Crippen LogP contribution >= 0.6 is 23.5 Å². The number of carbonyl (C=O) groups excluding carboxylic acids is 2. The lowest BCUT2D eigenvalue weighted by molar-refractivity contribution is -0.109. The Morgan fingerprint density at radius 3 is 1.29 bits per heavy atom. The molecule has 0 spiro atoms. The molecule has 42 heavy (non-hydrogen) atoms. The Bertz CT molecular complexity index is 1370. The molecule has 0 atom stereocenters. The van der Waals surface area contributed by atoms with E-state index in [-0.39, 0.29) is 10.2 Å². The molecule has 0 saturated carbocycles. The van der Waals surface area contributed by atoms with Crippen LogP contribution in [0.25, 0.3) is 0 Å². The topological polar surface area (TPSA) is 52.6 Å². The molecule has 0 N–H and O–H groups in total. The van der Waals surface area contributed by atoms with Crippen LogP contribution in [0.4, 0.5) is 0 Å². The first-order valence-electron chi connectivity index (χ1n) is 14.1. The van der Waals surface area contributed by atoms with Gasteiger partial charge in [-0.3, -0.25) is 9.59 Å². The maximum atomic E-state index is 11.4. The summed E-state index contributed by atoms with van der Waals surface area (Å²) in [5.74, 6) is 15.4. The highest BCUT2D eigenvalue weighted by atomic mass is 32.2. The number of carbonyl (C=O) groups is 2. The van der Waals surface area contributed by atoms with Gasteiger partial charge in [0.05, 0.1) is 24.3 Å². The monoisotopic (exact) mass is 598 g/mol. The van der Waals surface area contributed by atoms with Gasteiger partial charge in [-0.2, -0.15) is 0 Å². The van der Waals surface area contributed by atoms with Crippen LogP contribution < -0.4 is 9.47 Å². The molecule has 6 heteroatoms. The summed E-state index contributed by atoms with van der Waals surface area (Å²) in [7, 11) is 0. The molecule has 0 radical (unpaired) electrons. The van der Waals surface area contributed by atoms with Crippen molar-refractivity contribution in [2.45, 2.75) is 64.2 Å². The summed E-state index contributed by atoms with van der Waals surface area (Å²) in [6.07, 6.45) is 1.83. The lowest BCUT2D eigenvalue weighted by atomic mass is 10.1. The first kappa shape index (κ1) is 32.9. The highest BCUT2D eigenvalue weighted by molar-refractivity contribution is 8.13. The van der Waals surface area contributed by atoms with Crippen LogP contribution in [-0.2, 0) is 9.59 Å². The van der Waals surface area contributed by atoms with Crippen LogP contribution in [0.15, 0.2) is 70.5 Å². The van der Waals surface area contributed by atoms with Crippen molar-refractivity contribution in [3.8, 4) is 35.2 Å².